The second-order valence-corrected chi connectivity index (χ2v) is 6.70. The van der Waals surface area contributed by atoms with Gasteiger partial charge in [-0.2, -0.15) is 5.10 Å². The molecule has 0 spiro atoms. The highest BCUT2D eigenvalue weighted by Crippen LogP contribution is 2.18. The quantitative estimate of drug-likeness (QED) is 0.563. The second kappa shape index (κ2) is 8.58. The number of pyridine rings is 1. The molecule has 1 saturated heterocycles. The molecule has 2 aromatic rings. The standard InChI is InChI=1S/C20H24N4O2/c1-15(22-23-20(26)16-7-9-21-10-8-16)17-5-6-19(25)18(13-17)14-24-11-3-2-4-12-24/h5-10,13,25H,2-4,11-12,14H2,1H3,(H,23,26)/p+1/b22-15+. The molecule has 2 heterocycles. The van der Waals surface area contributed by atoms with E-state index in [0.717, 1.165) is 30.8 Å². The van der Waals surface area contributed by atoms with Crippen LogP contribution < -0.4 is 10.3 Å². The van der Waals surface area contributed by atoms with E-state index < -0.39 is 0 Å². The van der Waals surface area contributed by atoms with Crippen molar-refractivity contribution < 1.29 is 14.8 Å². The normalized spacial score (nSPS) is 15.7. The fourth-order valence-corrected chi connectivity index (χ4v) is 3.22. The predicted octanol–water partition coefficient (Wildman–Crippen LogP) is 1.51. The van der Waals surface area contributed by atoms with Crippen molar-refractivity contribution >= 4 is 11.6 Å². The first kappa shape index (κ1) is 18.1. The maximum absolute atomic E-state index is 12.1. The van der Waals surface area contributed by atoms with Gasteiger partial charge in [-0.1, -0.05) is 0 Å². The number of nitrogens with zero attached hydrogens (tertiary/aromatic N) is 2. The summed E-state index contributed by atoms with van der Waals surface area (Å²) in [4.78, 5) is 17.5. The molecule has 6 nitrogen and oxygen atoms in total. The summed E-state index contributed by atoms with van der Waals surface area (Å²) in [5, 5.41) is 14.4. The number of phenols is 1. The Labute approximate surface area is 153 Å². The molecule has 0 bridgehead atoms. The largest absolute Gasteiger partial charge is 0.507 e. The van der Waals surface area contributed by atoms with Crippen molar-refractivity contribution in [1.82, 2.24) is 10.4 Å². The summed E-state index contributed by atoms with van der Waals surface area (Å²) in [5.74, 6) is 0.0453. The lowest BCUT2D eigenvalue weighted by Gasteiger charge is -2.24. The number of aromatic hydroxyl groups is 1. The van der Waals surface area contributed by atoms with Crippen LogP contribution in [-0.2, 0) is 6.54 Å². The fraction of sp³-hybridized carbons (Fsp3) is 0.350. The smallest absolute Gasteiger partial charge is 0.271 e. The molecule has 136 valence electrons. The Morgan fingerprint density at radius 3 is 2.62 bits per heavy atom. The molecule has 1 aliphatic rings. The number of hydrazone groups is 1. The molecule has 3 rings (SSSR count). The Kier molecular flexibility index (Phi) is 5.96. The molecule has 1 aromatic heterocycles. The minimum absolute atomic E-state index is 0.275. The number of amides is 1. The SMILES string of the molecule is C/C(=N\NC(=O)c1ccncc1)c1ccc(O)c(C[NH+]2CCCCC2)c1. The van der Waals surface area contributed by atoms with Crippen molar-refractivity contribution in [2.75, 3.05) is 13.1 Å². The third kappa shape index (κ3) is 4.67. The van der Waals surface area contributed by atoms with Crippen LogP contribution in [0.15, 0.2) is 47.8 Å². The fourth-order valence-electron chi connectivity index (χ4n) is 3.22. The summed E-state index contributed by atoms with van der Waals surface area (Å²) < 4.78 is 0. The number of hydrogen-bond acceptors (Lipinski definition) is 4. The topological polar surface area (TPSA) is 79.0 Å². The molecular formula is C20H25N4O2+. The van der Waals surface area contributed by atoms with Crippen LogP contribution in [-0.4, -0.2) is 34.8 Å². The van der Waals surface area contributed by atoms with Crippen LogP contribution in [0.2, 0.25) is 0 Å². The molecule has 0 unspecified atom stereocenters. The Morgan fingerprint density at radius 1 is 1.15 bits per heavy atom. The summed E-state index contributed by atoms with van der Waals surface area (Å²) in [5.41, 5.74) is 5.59. The van der Waals surface area contributed by atoms with Gasteiger partial charge in [0.05, 0.1) is 18.8 Å². The van der Waals surface area contributed by atoms with Gasteiger partial charge in [-0.3, -0.25) is 9.78 Å². The van der Waals surface area contributed by atoms with E-state index in [1.54, 1.807) is 30.6 Å². The predicted molar refractivity (Wildman–Crippen MR) is 100 cm³/mol. The van der Waals surface area contributed by atoms with Gasteiger partial charge in [0, 0.05) is 23.5 Å². The number of phenolic OH excluding ortho intramolecular Hbond substituents is 1. The number of aromatic nitrogens is 1. The third-order valence-electron chi connectivity index (χ3n) is 4.77. The molecule has 1 aromatic carbocycles. The van der Waals surface area contributed by atoms with E-state index >= 15 is 0 Å². The molecular weight excluding hydrogens is 328 g/mol. The molecule has 0 atom stereocenters. The highest BCUT2D eigenvalue weighted by atomic mass is 16.3. The second-order valence-electron chi connectivity index (χ2n) is 6.70. The lowest BCUT2D eigenvalue weighted by atomic mass is 10.0. The van der Waals surface area contributed by atoms with Gasteiger partial charge in [0.25, 0.3) is 5.91 Å². The molecule has 3 N–H and O–H groups in total. The molecule has 1 fully saturated rings. The Hall–Kier alpha value is -2.73. The number of benzene rings is 1. The van der Waals surface area contributed by atoms with E-state index in [1.165, 1.54) is 24.2 Å². The summed E-state index contributed by atoms with van der Waals surface area (Å²) in [7, 11) is 0. The number of rotatable bonds is 5. The summed E-state index contributed by atoms with van der Waals surface area (Å²) in [6.45, 7) is 4.96. The molecule has 0 aliphatic carbocycles. The first-order valence-electron chi connectivity index (χ1n) is 9.04. The maximum atomic E-state index is 12.1. The van der Waals surface area contributed by atoms with Crippen LogP contribution in [0.5, 0.6) is 5.75 Å². The molecule has 6 heteroatoms. The number of carbonyl (C=O) groups excluding carboxylic acids is 1. The van der Waals surface area contributed by atoms with E-state index in [2.05, 4.69) is 15.5 Å². The van der Waals surface area contributed by atoms with Crippen LogP contribution in [0.1, 0.15) is 47.7 Å². The molecule has 26 heavy (non-hydrogen) atoms. The van der Waals surface area contributed by atoms with Crippen LogP contribution in [0.4, 0.5) is 0 Å². The van der Waals surface area contributed by atoms with Crippen molar-refractivity contribution in [3.05, 3.63) is 59.4 Å². The Balaban J connectivity index is 1.69. The lowest BCUT2D eigenvalue weighted by molar-refractivity contribution is -0.918. The zero-order chi connectivity index (χ0) is 18.4. The first-order valence-corrected chi connectivity index (χ1v) is 9.04. The number of likely N-dealkylation sites (tertiary alicyclic amines) is 1. The minimum atomic E-state index is -0.275. The Morgan fingerprint density at radius 2 is 1.88 bits per heavy atom. The van der Waals surface area contributed by atoms with Gasteiger partial charge in [0.15, 0.2) is 0 Å². The van der Waals surface area contributed by atoms with Gasteiger partial charge in [-0.15, -0.1) is 0 Å². The van der Waals surface area contributed by atoms with Crippen molar-refractivity contribution in [1.29, 1.82) is 0 Å². The summed E-state index contributed by atoms with van der Waals surface area (Å²) in [6, 6.07) is 8.77. The van der Waals surface area contributed by atoms with Crippen LogP contribution >= 0.6 is 0 Å². The molecule has 0 radical (unpaired) electrons. The Bertz CT molecular complexity index is 784. The molecule has 1 aliphatic heterocycles. The number of piperidine rings is 1. The highest BCUT2D eigenvalue weighted by molar-refractivity contribution is 6.01. The average molecular weight is 353 g/mol. The van der Waals surface area contributed by atoms with Crippen molar-refractivity contribution in [3.63, 3.8) is 0 Å². The zero-order valence-electron chi connectivity index (χ0n) is 15.0. The van der Waals surface area contributed by atoms with Gasteiger partial charge in [-0.25, -0.2) is 5.43 Å². The van der Waals surface area contributed by atoms with Gasteiger partial charge >= 0.3 is 0 Å². The number of quaternary nitrogens is 1. The average Bonchev–Trinajstić information content (AvgIpc) is 2.69. The summed E-state index contributed by atoms with van der Waals surface area (Å²) in [6.07, 6.45) is 6.94. The number of carbonyl (C=O) groups is 1. The third-order valence-corrected chi connectivity index (χ3v) is 4.77. The lowest BCUT2D eigenvalue weighted by Crippen LogP contribution is -3.11. The maximum Gasteiger partial charge on any atom is 0.271 e. The van der Waals surface area contributed by atoms with E-state index in [0.29, 0.717) is 17.0 Å². The van der Waals surface area contributed by atoms with Crippen LogP contribution in [0.25, 0.3) is 0 Å². The van der Waals surface area contributed by atoms with Gasteiger partial charge < -0.3 is 10.0 Å². The van der Waals surface area contributed by atoms with E-state index in [9.17, 15) is 9.90 Å². The van der Waals surface area contributed by atoms with Crippen LogP contribution in [0.3, 0.4) is 0 Å². The highest BCUT2D eigenvalue weighted by Gasteiger charge is 2.16. The van der Waals surface area contributed by atoms with Gasteiger partial charge in [0.1, 0.15) is 12.3 Å². The number of hydrogen-bond donors (Lipinski definition) is 3. The van der Waals surface area contributed by atoms with E-state index in [-0.39, 0.29) is 5.91 Å². The van der Waals surface area contributed by atoms with Crippen molar-refractivity contribution in [2.45, 2.75) is 32.7 Å². The first-order chi connectivity index (χ1) is 12.6. The number of nitrogens with one attached hydrogen (secondary N) is 2. The molecule has 1 amide bonds. The summed E-state index contributed by atoms with van der Waals surface area (Å²) >= 11 is 0. The zero-order valence-corrected chi connectivity index (χ0v) is 15.0. The monoisotopic (exact) mass is 353 g/mol. The van der Waals surface area contributed by atoms with E-state index in [1.807, 2.05) is 19.1 Å². The molecule has 0 saturated carbocycles. The van der Waals surface area contributed by atoms with Gasteiger partial charge in [0.2, 0.25) is 0 Å². The van der Waals surface area contributed by atoms with E-state index in [4.69, 9.17) is 0 Å². The minimum Gasteiger partial charge on any atom is -0.507 e. The van der Waals surface area contributed by atoms with Crippen molar-refractivity contribution in [3.8, 4) is 5.75 Å². The van der Waals surface area contributed by atoms with Crippen molar-refractivity contribution in [2.24, 2.45) is 5.10 Å². The van der Waals surface area contributed by atoms with Crippen LogP contribution in [0, 0.1) is 0 Å². The van der Waals surface area contributed by atoms with Gasteiger partial charge in [-0.05, 0) is 62.1 Å².